The van der Waals surface area contributed by atoms with Gasteiger partial charge in [-0.05, 0) is 23.9 Å². The van der Waals surface area contributed by atoms with E-state index in [0.29, 0.717) is 11.8 Å². The van der Waals surface area contributed by atoms with Crippen LogP contribution in [-0.2, 0) is 8.85 Å². The molecule has 0 unspecified atom stereocenters. The van der Waals surface area contributed by atoms with E-state index in [4.69, 9.17) is 8.85 Å². The maximum Gasteiger partial charge on any atom is 0.338 e. The van der Waals surface area contributed by atoms with Gasteiger partial charge in [-0.2, -0.15) is 0 Å². The van der Waals surface area contributed by atoms with Gasteiger partial charge in [-0.1, -0.05) is 67.2 Å². The van der Waals surface area contributed by atoms with Crippen LogP contribution in [0.1, 0.15) is 67.2 Å². The molecule has 0 aliphatic heterocycles. The van der Waals surface area contributed by atoms with Gasteiger partial charge in [-0.3, -0.25) is 0 Å². The van der Waals surface area contributed by atoms with E-state index in [1.165, 1.54) is 37.8 Å². The average molecular weight is 289 g/mol. The van der Waals surface area contributed by atoms with Crippen LogP contribution in [0.3, 0.4) is 0 Å². The van der Waals surface area contributed by atoms with Crippen LogP contribution in [0.15, 0.2) is 0 Å². The molecule has 0 aliphatic carbocycles. The molecule has 0 spiro atoms. The molecule has 3 heteroatoms. The SMILES string of the molecule is CCCC[Si](CCCC)(OCC(C)C)OCC(C)C. The zero-order valence-electron chi connectivity index (χ0n) is 14.1. The Morgan fingerprint density at radius 2 is 1.11 bits per heavy atom. The first kappa shape index (κ1) is 19.1. The van der Waals surface area contributed by atoms with Gasteiger partial charge in [0.15, 0.2) is 0 Å². The molecule has 0 radical (unpaired) electrons. The third-order valence-electron chi connectivity index (χ3n) is 3.18. The standard InChI is InChI=1S/C16H36O2Si/c1-7-9-11-19(12-10-8-2,17-13-15(3)4)18-14-16(5)6/h15-16H,7-14H2,1-6H3. The Morgan fingerprint density at radius 1 is 0.737 bits per heavy atom. The summed E-state index contributed by atoms with van der Waals surface area (Å²) >= 11 is 0. The molecular weight excluding hydrogens is 252 g/mol. The third kappa shape index (κ3) is 9.64. The minimum Gasteiger partial charge on any atom is -0.394 e. The Hall–Kier alpha value is 0.137. The van der Waals surface area contributed by atoms with Crippen LogP contribution in [0.2, 0.25) is 12.1 Å². The molecule has 19 heavy (non-hydrogen) atoms. The van der Waals surface area contributed by atoms with Crippen LogP contribution in [-0.4, -0.2) is 21.8 Å². The molecule has 0 aromatic carbocycles. The molecule has 0 saturated carbocycles. The number of hydrogen-bond donors (Lipinski definition) is 0. The van der Waals surface area contributed by atoms with E-state index in [1.54, 1.807) is 0 Å². The van der Waals surface area contributed by atoms with Crippen molar-refractivity contribution in [3.8, 4) is 0 Å². The molecule has 0 amide bonds. The summed E-state index contributed by atoms with van der Waals surface area (Å²) in [7, 11) is -1.96. The Balaban J connectivity index is 4.62. The number of unbranched alkanes of at least 4 members (excludes halogenated alkanes) is 2. The molecule has 0 bridgehead atoms. The second-order valence-electron chi connectivity index (χ2n) is 6.53. The second kappa shape index (κ2) is 10.9. The lowest BCUT2D eigenvalue weighted by molar-refractivity contribution is 0.136. The van der Waals surface area contributed by atoms with Gasteiger partial charge in [0.1, 0.15) is 0 Å². The van der Waals surface area contributed by atoms with Gasteiger partial charge in [0.2, 0.25) is 0 Å². The topological polar surface area (TPSA) is 18.5 Å². The van der Waals surface area contributed by atoms with E-state index >= 15 is 0 Å². The summed E-state index contributed by atoms with van der Waals surface area (Å²) in [5.41, 5.74) is 0. The highest BCUT2D eigenvalue weighted by Crippen LogP contribution is 2.26. The van der Waals surface area contributed by atoms with Crippen molar-refractivity contribution in [2.24, 2.45) is 11.8 Å². The lowest BCUT2D eigenvalue weighted by atomic mass is 10.2. The predicted molar refractivity (Wildman–Crippen MR) is 86.8 cm³/mol. The normalized spacial score (nSPS) is 12.6. The quantitative estimate of drug-likeness (QED) is 0.449. The highest BCUT2D eigenvalue weighted by molar-refractivity contribution is 6.67. The van der Waals surface area contributed by atoms with E-state index in [0.717, 1.165) is 13.2 Å². The fourth-order valence-corrected chi connectivity index (χ4v) is 5.95. The minimum absolute atomic E-state index is 0.595. The lowest BCUT2D eigenvalue weighted by Crippen LogP contribution is -2.44. The van der Waals surface area contributed by atoms with Crippen molar-refractivity contribution in [2.75, 3.05) is 13.2 Å². The van der Waals surface area contributed by atoms with Crippen molar-refractivity contribution in [3.05, 3.63) is 0 Å². The molecule has 0 saturated heterocycles. The number of rotatable bonds is 12. The van der Waals surface area contributed by atoms with Crippen molar-refractivity contribution in [1.82, 2.24) is 0 Å². The molecule has 0 aliphatic rings. The first-order chi connectivity index (χ1) is 8.95. The maximum absolute atomic E-state index is 6.36. The van der Waals surface area contributed by atoms with E-state index < -0.39 is 8.56 Å². The molecular formula is C16H36O2Si. The van der Waals surface area contributed by atoms with E-state index in [9.17, 15) is 0 Å². The molecule has 116 valence electrons. The third-order valence-corrected chi connectivity index (χ3v) is 6.80. The number of hydrogen-bond acceptors (Lipinski definition) is 2. The maximum atomic E-state index is 6.36. The van der Waals surface area contributed by atoms with Crippen LogP contribution in [0, 0.1) is 11.8 Å². The Morgan fingerprint density at radius 3 is 1.37 bits per heavy atom. The summed E-state index contributed by atoms with van der Waals surface area (Å²) in [4.78, 5) is 0. The van der Waals surface area contributed by atoms with Gasteiger partial charge in [-0.25, -0.2) is 0 Å². The second-order valence-corrected chi connectivity index (χ2v) is 9.93. The molecule has 2 nitrogen and oxygen atoms in total. The minimum atomic E-state index is -1.96. The molecule has 0 fully saturated rings. The Bertz CT molecular complexity index is 183. The van der Waals surface area contributed by atoms with Crippen molar-refractivity contribution in [1.29, 1.82) is 0 Å². The first-order valence-corrected chi connectivity index (χ1v) is 10.5. The van der Waals surface area contributed by atoms with E-state index in [-0.39, 0.29) is 0 Å². The van der Waals surface area contributed by atoms with Crippen LogP contribution in [0.25, 0.3) is 0 Å². The van der Waals surface area contributed by atoms with Gasteiger partial charge in [0.05, 0.1) is 0 Å². The van der Waals surface area contributed by atoms with Gasteiger partial charge >= 0.3 is 8.56 Å². The van der Waals surface area contributed by atoms with Crippen molar-refractivity contribution < 1.29 is 8.85 Å². The average Bonchev–Trinajstić information content (AvgIpc) is 2.37. The van der Waals surface area contributed by atoms with Crippen molar-refractivity contribution in [2.45, 2.75) is 79.3 Å². The molecule has 0 aromatic rings. The highest BCUT2D eigenvalue weighted by Gasteiger charge is 2.36. The molecule has 0 rings (SSSR count). The summed E-state index contributed by atoms with van der Waals surface area (Å²) in [5.74, 6) is 1.19. The largest absolute Gasteiger partial charge is 0.394 e. The van der Waals surface area contributed by atoms with E-state index in [1.807, 2.05) is 0 Å². The predicted octanol–water partition coefficient (Wildman–Crippen LogP) is 5.37. The lowest BCUT2D eigenvalue weighted by Gasteiger charge is -2.32. The highest BCUT2D eigenvalue weighted by atomic mass is 28.4. The zero-order chi connectivity index (χ0) is 14.7. The van der Waals surface area contributed by atoms with Crippen LogP contribution < -0.4 is 0 Å². The Labute approximate surface area is 122 Å². The van der Waals surface area contributed by atoms with Crippen molar-refractivity contribution in [3.63, 3.8) is 0 Å². The molecule has 0 heterocycles. The smallest absolute Gasteiger partial charge is 0.338 e. The van der Waals surface area contributed by atoms with Gasteiger partial charge < -0.3 is 8.85 Å². The monoisotopic (exact) mass is 288 g/mol. The van der Waals surface area contributed by atoms with Gasteiger partial charge in [0.25, 0.3) is 0 Å². The van der Waals surface area contributed by atoms with E-state index in [2.05, 4.69) is 41.5 Å². The molecule has 0 atom stereocenters. The van der Waals surface area contributed by atoms with Gasteiger partial charge in [0, 0.05) is 13.2 Å². The summed E-state index contributed by atoms with van der Waals surface area (Å²) in [6, 6.07) is 2.34. The summed E-state index contributed by atoms with van der Waals surface area (Å²) in [5, 5.41) is 0. The fourth-order valence-electron chi connectivity index (χ4n) is 1.98. The Kier molecular flexibility index (Phi) is 10.9. The van der Waals surface area contributed by atoms with Crippen LogP contribution in [0.4, 0.5) is 0 Å². The summed E-state index contributed by atoms with van der Waals surface area (Å²) < 4.78 is 12.7. The fraction of sp³-hybridized carbons (Fsp3) is 1.00. The summed E-state index contributed by atoms with van der Waals surface area (Å²) in [6.45, 7) is 15.1. The molecule has 0 aromatic heterocycles. The first-order valence-electron chi connectivity index (χ1n) is 8.23. The zero-order valence-corrected chi connectivity index (χ0v) is 15.1. The van der Waals surface area contributed by atoms with Gasteiger partial charge in [-0.15, -0.1) is 0 Å². The van der Waals surface area contributed by atoms with Crippen LogP contribution in [0.5, 0.6) is 0 Å². The summed E-state index contributed by atoms with van der Waals surface area (Å²) in [6.07, 6.45) is 4.95. The van der Waals surface area contributed by atoms with Crippen LogP contribution >= 0.6 is 0 Å². The molecule has 0 N–H and O–H groups in total. The van der Waals surface area contributed by atoms with Crippen molar-refractivity contribution >= 4 is 8.56 Å².